The fourth-order valence-electron chi connectivity index (χ4n) is 0.925. The summed E-state index contributed by atoms with van der Waals surface area (Å²) in [6.07, 6.45) is 0. The largest absolute Gasteiger partial charge is 0.207 e. The third-order valence-electron chi connectivity index (χ3n) is 1.77. The molecule has 10 heavy (non-hydrogen) atoms. The van der Waals surface area contributed by atoms with E-state index in [2.05, 4.69) is 0 Å². The molecule has 0 saturated carbocycles. The monoisotopic (exact) mass is 136 g/mol. The molecule has 0 radical (unpaired) electrons. The van der Waals surface area contributed by atoms with E-state index in [-0.39, 0.29) is 5.82 Å². The Morgan fingerprint density at radius 3 is 2.30 bits per heavy atom. The maximum Gasteiger partial charge on any atom is 0.139 e. The Labute approximate surface area is 61.5 Å². The maximum atomic E-state index is 12.8. The number of benzene rings is 1. The highest BCUT2D eigenvalue weighted by Gasteiger charge is 1.98. The lowest BCUT2D eigenvalue weighted by atomic mass is 9.90. The molecule has 0 N–H and O–H groups in total. The molecule has 0 spiro atoms. The van der Waals surface area contributed by atoms with Crippen molar-refractivity contribution in [2.45, 2.75) is 13.8 Å². The maximum absolute atomic E-state index is 12.8. The molecule has 2 heteroatoms. The second-order valence-corrected chi connectivity index (χ2v) is 2.69. The lowest BCUT2D eigenvalue weighted by Gasteiger charge is -2.01. The van der Waals surface area contributed by atoms with Gasteiger partial charge >= 0.3 is 0 Å². The summed E-state index contributed by atoms with van der Waals surface area (Å²) in [6.45, 7) is 3.69. The molecule has 0 nitrogen and oxygen atoms in total. The first-order valence-corrected chi connectivity index (χ1v) is 3.34. The van der Waals surface area contributed by atoms with Gasteiger partial charge < -0.3 is 0 Å². The number of halogens is 1. The summed E-state index contributed by atoms with van der Waals surface area (Å²) in [6, 6.07) is 3.44. The lowest BCUT2D eigenvalue weighted by Crippen LogP contribution is -2.08. The Morgan fingerprint density at radius 2 is 1.80 bits per heavy atom. The van der Waals surface area contributed by atoms with E-state index in [4.69, 9.17) is 0 Å². The van der Waals surface area contributed by atoms with Gasteiger partial charge in [-0.15, -0.1) is 0 Å². The molecule has 0 aliphatic heterocycles. The molecular weight excluding hydrogens is 126 g/mol. The molecule has 1 aromatic carbocycles. The van der Waals surface area contributed by atoms with Crippen LogP contribution in [0.5, 0.6) is 0 Å². The second-order valence-electron chi connectivity index (χ2n) is 2.69. The average molecular weight is 136 g/mol. The molecule has 1 aromatic rings. The minimum atomic E-state index is -0.108. The summed E-state index contributed by atoms with van der Waals surface area (Å²) < 4.78 is 12.8. The molecule has 0 unspecified atom stereocenters. The molecule has 0 atom stereocenters. The van der Waals surface area contributed by atoms with E-state index in [1.54, 1.807) is 13.0 Å². The van der Waals surface area contributed by atoms with Crippen LogP contribution in [0.15, 0.2) is 12.1 Å². The normalized spacial score (nSPS) is 9.90. The summed E-state index contributed by atoms with van der Waals surface area (Å²) in [7, 11) is 1.99. The molecule has 0 aliphatic carbocycles. The molecule has 52 valence electrons. The minimum absolute atomic E-state index is 0.108. The molecule has 1 rings (SSSR count). The standard InChI is InChI=1S/C8H10BF/c1-5-4-8(10)6(2)3-7(5)9/h3-4H,9H2,1-2H3. The van der Waals surface area contributed by atoms with Crippen LogP contribution in [0.3, 0.4) is 0 Å². The molecule has 0 aliphatic rings. The third-order valence-corrected chi connectivity index (χ3v) is 1.77. The van der Waals surface area contributed by atoms with Crippen molar-refractivity contribution in [3.8, 4) is 0 Å². The Bertz CT molecular complexity index is 205. The van der Waals surface area contributed by atoms with Gasteiger partial charge in [-0.3, -0.25) is 0 Å². The summed E-state index contributed by atoms with van der Waals surface area (Å²) in [4.78, 5) is 0. The van der Waals surface area contributed by atoms with Crippen molar-refractivity contribution < 1.29 is 4.39 Å². The van der Waals surface area contributed by atoms with E-state index in [1.165, 1.54) is 0 Å². The summed E-state index contributed by atoms with van der Waals surface area (Å²) >= 11 is 0. The van der Waals surface area contributed by atoms with Crippen molar-refractivity contribution in [2.24, 2.45) is 0 Å². The van der Waals surface area contributed by atoms with Crippen LogP contribution in [-0.2, 0) is 0 Å². The van der Waals surface area contributed by atoms with E-state index in [0.29, 0.717) is 0 Å². The number of hydrogen-bond donors (Lipinski definition) is 0. The lowest BCUT2D eigenvalue weighted by molar-refractivity contribution is 0.618. The van der Waals surface area contributed by atoms with Crippen LogP contribution in [-0.4, -0.2) is 7.85 Å². The van der Waals surface area contributed by atoms with Crippen LogP contribution < -0.4 is 5.46 Å². The molecule has 0 aromatic heterocycles. The van der Waals surface area contributed by atoms with Gasteiger partial charge in [-0.2, -0.15) is 0 Å². The molecule has 0 bridgehead atoms. The van der Waals surface area contributed by atoms with E-state index >= 15 is 0 Å². The highest BCUT2D eigenvalue weighted by Crippen LogP contribution is 2.04. The van der Waals surface area contributed by atoms with E-state index in [0.717, 1.165) is 16.6 Å². The average Bonchev–Trinajstić information content (AvgIpc) is 1.84. The number of rotatable bonds is 0. The van der Waals surface area contributed by atoms with Gasteiger partial charge in [0.15, 0.2) is 0 Å². The van der Waals surface area contributed by atoms with Crippen LogP contribution in [0, 0.1) is 19.7 Å². The molecule has 0 fully saturated rings. The van der Waals surface area contributed by atoms with Crippen molar-refractivity contribution in [3.05, 3.63) is 29.1 Å². The second kappa shape index (κ2) is 2.45. The highest BCUT2D eigenvalue weighted by atomic mass is 19.1. The fraction of sp³-hybridized carbons (Fsp3) is 0.250. The Morgan fingerprint density at radius 1 is 1.20 bits per heavy atom. The number of aryl methyl sites for hydroxylation is 2. The van der Waals surface area contributed by atoms with Crippen LogP contribution in [0.4, 0.5) is 4.39 Å². The summed E-state index contributed by atoms with van der Waals surface area (Å²) in [5, 5.41) is 0. The zero-order valence-electron chi connectivity index (χ0n) is 6.53. The Kier molecular flexibility index (Phi) is 1.79. The zero-order valence-corrected chi connectivity index (χ0v) is 6.53. The predicted molar refractivity (Wildman–Crippen MR) is 44.1 cm³/mol. The van der Waals surface area contributed by atoms with Crippen LogP contribution in [0.25, 0.3) is 0 Å². The van der Waals surface area contributed by atoms with Gasteiger partial charge in [-0.25, -0.2) is 4.39 Å². The first-order chi connectivity index (χ1) is 4.61. The fourth-order valence-corrected chi connectivity index (χ4v) is 0.925. The van der Waals surface area contributed by atoms with Crippen molar-refractivity contribution in [1.29, 1.82) is 0 Å². The SMILES string of the molecule is Bc1cc(C)c(F)cc1C. The van der Waals surface area contributed by atoms with E-state index in [9.17, 15) is 4.39 Å². The van der Waals surface area contributed by atoms with Crippen molar-refractivity contribution in [2.75, 3.05) is 0 Å². The van der Waals surface area contributed by atoms with Crippen LogP contribution >= 0.6 is 0 Å². The Hall–Kier alpha value is -0.785. The predicted octanol–water partition coefficient (Wildman–Crippen LogP) is 0.701. The van der Waals surface area contributed by atoms with Crippen molar-refractivity contribution >= 4 is 13.3 Å². The van der Waals surface area contributed by atoms with Gasteiger partial charge in [-0.1, -0.05) is 17.1 Å². The van der Waals surface area contributed by atoms with Gasteiger partial charge in [0.05, 0.1) is 0 Å². The van der Waals surface area contributed by atoms with Gasteiger partial charge in [0.2, 0.25) is 0 Å². The zero-order chi connectivity index (χ0) is 7.72. The third kappa shape index (κ3) is 1.20. The first-order valence-electron chi connectivity index (χ1n) is 3.34. The van der Waals surface area contributed by atoms with E-state index in [1.807, 2.05) is 20.8 Å². The molecular formula is C8H10BF. The smallest absolute Gasteiger partial charge is 0.139 e. The van der Waals surface area contributed by atoms with Gasteiger partial charge in [0.25, 0.3) is 0 Å². The topological polar surface area (TPSA) is 0 Å². The summed E-state index contributed by atoms with van der Waals surface area (Å²) in [5.74, 6) is -0.108. The van der Waals surface area contributed by atoms with Crippen LogP contribution in [0.1, 0.15) is 11.1 Å². The van der Waals surface area contributed by atoms with E-state index < -0.39 is 0 Å². The first kappa shape index (κ1) is 7.32. The molecule has 0 saturated heterocycles. The molecule has 0 amide bonds. The molecule has 0 heterocycles. The van der Waals surface area contributed by atoms with Gasteiger partial charge in [0, 0.05) is 0 Å². The van der Waals surface area contributed by atoms with Crippen molar-refractivity contribution in [3.63, 3.8) is 0 Å². The van der Waals surface area contributed by atoms with Crippen LogP contribution in [0.2, 0.25) is 0 Å². The number of hydrogen-bond acceptors (Lipinski definition) is 0. The highest BCUT2D eigenvalue weighted by molar-refractivity contribution is 6.33. The quantitative estimate of drug-likeness (QED) is 0.460. The summed E-state index contributed by atoms with van der Waals surface area (Å²) in [5.41, 5.74) is 2.89. The van der Waals surface area contributed by atoms with Crippen molar-refractivity contribution in [1.82, 2.24) is 0 Å². The minimum Gasteiger partial charge on any atom is -0.207 e. The van der Waals surface area contributed by atoms with Gasteiger partial charge in [0.1, 0.15) is 13.7 Å². The van der Waals surface area contributed by atoms with Gasteiger partial charge in [-0.05, 0) is 25.5 Å². The Balaban J connectivity index is 3.28.